The first-order valence-corrected chi connectivity index (χ1v) is 8.14. The van der Waals surface area contributed by atoms with Gasteiger partial charge in [-0.25, -0.2) is 0 Å². The van der Waals surface area contributed by atoms with Crippen molar-refractivity contribution < 1.29 is 14.3 Å². The second-order valence-electron chi connectivity index (χ2n) is 5.82. The standard InChI is InChI=1S/C17H27N3O3.ClH/c1-4-18-17(21)12-23-15-6-5-14(9-16(15)22-3)11-20-8-7-19-13(2)10-20;/h5-6,9,13,19H,4,7-8,10-12H2,1-3H3,(H,18,21);1H/t13-;/m0./s1. The van der Waals surface area contributed by atoms with Crippen molar-refractivity contribution in [2.24, 2.45) is 0 Å². The predicted molar refractivity (Wildman–Crippen MR) is 97.2 cm³/mol. The summed E-state index contributed by atoms with van der Waals surface area (Å²) in [4.78, 5) is 13.9. The number of likely N-dealkylation sites (N-methyl/N-ethyl adjacent to an activating group) is 1. The zero-order chi connectivity index (χ0) is 16.7. The average Bonchev–Trinajstić information content (AvgIpc) is 2.54. The van der Waals surface area contributed by atoms with Gasteiger partial charge in [0, 0.05) is 38.8 Å². The van der Waals surface area contributed by atoms with Crippen molar-refractivity contribution in [3.8, 4) is 11.5 Å². The molecule has 2 rings (SSSR count). The van der Waals surface area contributed by atoms with Crippen LogP contribution in [0.2, 0.25) is 0 Å². The van der Waals surface area contributed by atoms with Crippen LogP contribution in [-0.2, 0) is 11.3 Å². The highest BCUT2D eigenvalue weighted by Gasteiger charge is 2.16. The topological polar surface area (TPSA) is 62.8 Å². The molecule has 0 aromatic heterocycles. The molecule has 1 atom stereocenters. The van der Waals surface area contributed by atoms with Crippen molar-refractivity contribution >= 4 is 18.3 Å². The zero-order valence-electron chi connectivity index (χ0n) is 14.6. The Morgan fingerprint density at radius 2 is 2.21 bits per heavy atom. The number of ether oxygens (including phenoxy) is 2. The van der Waals surface area contributed by atoms with Crippen LogP contribution in [0.15, 0.2) is 18.2 Å². The number of hydrogen-bond donors (Lipinski definition) is 2. The second kappa shape index (κ2) is 10.4. The lowest BCUT2D eigenvalue weighted by Crippen LogP contribution is -2.48. The SMILES string of the molecule is CCNC(=O)COc1ccc(CN2CCN[C@@H](C)C2)cc1OC.Cl. The number of rotatable bonds is 7. The maximum atomic E-state index is 11.5. The lowest BCUT2D eigenvalue weighted by Gasteiger charge is -2.31. The van der Waals surface area contributed by atoms with E-state index in [1.165, 1.54) is 5.56 Å². The van der Waals surface area contributed by atoms with Gasteiger partial charge in [0.1, 0.15) is 0 Å². The Kier molecular flexibility index (Phi) is 8.89. The van der Waals surface area contributed by atoms with Crippen LogP contribution in [0.4, 0.5) is 0 Å². The molecule has 0 aliphatic carbocycles. The summed E-state index contributed by atoms with van der Waals surface area (Å²) in [6, 6.07) is 6.41. The summed E-state index contributed by atoms with van der Waals surface area (Å²) in [6.07, 6.45) is 0. The number of carbonyl (C=O) groups is 1. The van der Waals surface area contributed by atoms with E-state index in [9.17, 15) is 4.79 Å². The van der Waals surface area contributed by atoms with Gasteiger partial charge in [-0.3, -0.25) is 9.69 Å². The fraction of sp³-hybridized carbons (Fsp3) is 0.588. The summed E-state index contributed by atoms with van der Waals surface area (Å²) in [5.74, 6) is 1.12. The number of nitrogens with zero attached hydrogens (tertiary/aromatic N) is 1. The van der Waals surface area contributed by atoms with E-state index in [0.717, 1.165) is 26.2 Å². The molecule has 1 fully saturated rings. The Hall–Kier alpha value is -1.50. The highest BCUT2D eigenvalue weighted by molar-refractivity contribution is 5.85. The first-order valence-electron chi connectivity index (χ1n) is 8.14. The smallest absolute Gasteiger partial charge is 0.257 e. The third-order valence-corrected chi connectivity index (χ3v) is 3.82. The van der Waals surface area contributed by atoms with Gasteiger partial charge in [-0.05, 0) is 31.5 Å². The maximum absolute atomic E-state index is 11.5. The number of nitrogens with one attached hydrogen (secondary N) is 2. The molecule has 6 nitrogen and oxygen atoms in total. The molecule has 1 amide bonds. The molecule has 136 valence electrons. The normalized spacial score (nSPS) is 17.7. The number of carbonyl (C=O) groups excluding carboxylic acids is 1. The molecule has 0 unspecified atom stereocenters. The van der Waals surface area contributed by atoms with Gasteiger partial charge in [0.2, 0.25) is 0 Å². The molecular weight excluding hydrogens is 330 g/mol. The van der Waals surface area contributed by atoms with E-state index in [1.807, 2.05) is 25.1 Å². The van der Waals surface area contributed by atoms with Gasteiger partial charge in [0.15, 0.2) is 18.1 Å². The fourth-order valence-electron chi connectivity index (χ4n) is 2.74. The van der Waals surface area contributed by atoms with Gasteiger partial charge in [-0.2, -0.15) is 0 Å². The molecule has 1 saturated heterocycles. The predicted octanol–water partition coefficient (Wildman–Crippen LogP) is 1.43. The van der Waals surface area contributed by atoms with Crippen LogP contribution in [0.3, 0.4) is 0 Å². The van der Waals surface area contributed by atoms with E-state index in [4.69, 9.17) is 9.47 Å². The summed E-state index contributed by atoms with van der Waals surface area (Å²) < 4.78 is 10.9. The number of piperazine rings is 1. The summed E-state index contributed by atoms with van der Waals surface area (Å²) in [5, 5.41) is 6.15. The lowest BCUT2D eigenvalue weighted by atomic mass is 10.1. The Morgan fingerprint density at radius 1 is 1.42 bits per heavy atom. The Bertz CT molecular complexity index is 528. The van der Waals surface area contributed by atoms with Crippen LogP contribution >= 0.6 is 12.4 Å². The minimum Gasteiger partial charge on any atom is -0.493 e. The minimum atomic E-state index is -0.131. The summed E-state index contributed by atoms with van der Waals surface area (Å²) >= 11 is 0. The largest absolute Gasteiger partial charge is 0.493 e. The number of hydrogen-bond acceptors (Lipinski definition) is 5. The molecule has 2 N–H and O–H groups in total. The van der Waals surface area contributed by atoms with E-state index in [2.05, 4.69) is 22.5 Å². The molecule has 1 aliphatic rings. The van der Waals surface area contributed by atoms with E-state index < -0.39 is 0 Å². The monoisotopic (exact) mass is 357 g/mol. The molecule has 0 bridgehead atoms. The number of methoxy groups -OCH3 is 1. The molecular formula is C17H28ClN3O3. The van der Waals surface area contributed by atoms with Gasteiger partial charge in [-0.15, -0.1) is 12.4 Å². The summed E-state index contributed by atoms with van der Waals surface area (Å²) in [7, 11) is 1.62. The third-order valence-electron chi connectivity index (χ3n) is 3.82. The van der Waals surface area contributed by atoms with Crippen LogP contribution in [0.5, 0.6) is 11.5 Å². The molecule has 0 spiro atoms. The van der Waals surface area contributed by atoms with E-state index >= 15 is 0 Å². The molecule has 0 radical (unpaired) electrons. The molecule has 24 heavy (non-hydrogen) atoms. The minimum absolute atomic E-state index is 0. The quantitative estimate of drug-likeness (QED) is 0.773. The molecule has 0 saturated carbocycles. The van der Waals surface area contributed by atoms with E-state index in [1.54, 1.807) is 7.11 Å². The van der Waals surface area contributed by atoms with E-state index in [0.29, 0.717) is 24.1 Å². The summed E-state index contributed by atoms with van der Waals surface area (Å²) in [5.41, 5.74) is 1.18. The second-order valence-corrected chi connectivity index (χ2v) is 5.82. The van der Waals surface area contributed by atoms with Gasteiger partial charge in [0.25, 0.3) is 5.91 Å². The van der Waals surface area contributed by atoms with Crippen LogP contribution < -0.4 is 20.1 Å². The molecule has 1 aromatic rings. The Labute approximate surface area is 150 Å². The third kappa shape index (κ3) is 6.19. The molecule has 1 aromatic carbocycles. The Balaban J connectivity index is 0.00000288. The first-order chi connectivity index (χ1) is 11.1. The van der Waals surface area contributed by atoms with E-state index in [-0.39, 0.29) is 24.9 Å². The van der Waals surface area contributed by atoms with Crippen LogP contribution in [0, 0.1) is 0 Å². The highest BCUT2D eigenvalue weighted by atomic mass is 35.5. The zero-order valence-corrected chi connectivity index (χ0v) is 15.4. The summed E-state index contributed by atoms with van der Waals surface area (Å²) in [6.45, 7) is 8.67. The Morgan fingerprint density at radius 3 is 2.88 bits per heavy atom. The number of benzene rings is 1. The van der Waals surface area contributed by atoms with Crippen molar-refractivity contribution in [3.63, 3.8) is 0 Å². The van der Waals surface area contributed by atoms with Crippen molar-refractivity contribution in [2.75, 3.05) is 39.9 Å². The number of amides is 1. The van der Waals surface area contributed by atoms with Gasteiger partial charge >= 0.3 is 0 Å². The molecule has 7 heteroatoms. The van der Waals surface area contributed by atoms with Gasteiger partial charge in [-0.1, -0.05) is 6.07 Å². The van der Waals surface area contributed by atoms with Crippen molar-refractivity contribution in [1.29, 1.82) is 0 Å². The molecule has 1 heterocycles. The molecule has 1 aliphatic heterocycles. The fourth-order valence-corrected chi connectivity index (χ4v) is 2.74. The van der Waals surface area contributed by atoms with Crippen molar-refractivity contribution in [2.45, 2.75) is 26.4 Å². The maximum Gasteiger partial charge on any atom is 0.257 e. The highest BCUT2D eigenvalue weighted by Crippen LogP contribution is 2.28. The van der Waals surface area contributed by atoms with Crippen LogP contribution in [0.1, 0.15) is 19.4 Å². The van der Waals surface area contributed by atoms with Gasteiger partial charge < -0.3 is 20.1 Å². The first kappa shape index (κ1) is 20.5. The van der Waals surface area contributed by atoms with Gasteiger partial charge in [0.05, 0.1) is 7.11 Å². The number of halogens is 1. The van der Waals surface area contributed by atoms with Crippen LogP contribution in [-0.4, -0.2) is 56.7 Å². The van der Waals surface area contributed by atoms with Crippen molar-refractivity contribution in [3.05, 3.63) is 23.8 Å². The van der Waals surface area contributed by atoms with Crippen LogP contribution in [0.25, 0.3) is 0 Å². The van der Waals surface area contributed by atoms with Crippen molar-refractivity contribution in [1.82, 2.24) is 15.5 Å². The average molecular weight is 358 g/mol. The lowest BCUT2D eigenvalue weighted by molar-refractivity contribution is -0.123.